The summed E-state index contributed by atoms with van der Waals surface area (Å²) < 4.78 is 13.0. The molecule has 4 rings (SSSR count). The molecule has 0 aromatic heterocycles. The zero-order valence-corrected chi connectivity index (χ0v) is 20.9. The topological polar surface area (TPSA) is 52.6 Å². The van der Waals surface area contributed by atoms with Gasteiger partial charge in [0, 0.05) is 32.1 Å². The molecule has 4 nitrogen and oxygen atoms in total. The number of hydrogen-bond acceptors (Lipinski definition) is 4. The Labute approximate surface area is 196 Å². The Bertz CT molecular complexity index is 536. The number of carbonyl (C=O) groups is 2. The van der Waals surface area contributed by atoms with E-state index in [1.807, 2.05) is 0 Å². The maximum atomic E-state index is 12.2. The van der Waals surface area contributed by atoms with Gasteiger partial charge < -0.3 is 9.47 Å². The first-order valence-electron chi connectivity index (χ1n) is 13.8. The van der Waals surface area contributed by atoms with Crippen molar-refractivity contribution in [3.8, 4) is 0 Å². The summed E-state index contributed by atoms with van der Waals surface area (Å²) in [5, 5.41) is 0. The highest BCUT2D eigenvalue weighted by molar-refractivity contribution is 5.78. The van der Waals surface area contributed by atoms with Crippen molar-refractivity contribution in [3.63, 3.8) is 0 Å². The van der Waals surface area contributed by atoms with Crippen LogP contribution in [0.2, 0.25) is 0 Å². The third-order valence-corrected chi connectivity index (χ3v) is 8.15. The van der Waals surface area contributed by atoms with Gasteiger partial charge in [0.25, 0.3) is 0 Å². The highest BCUT2D eigenvalue weighted by Gasteiger charge is 2.59. The van der Waals surface area contributed by atoms with Gasteiger partial charge in [-0.05, 0) is 56.8 Å². The molecule has 4 heteroatoms. The Balaban J connectivity index is 1.41. The summed E-state index contributed by atoms with van der Waals surface area (Å²) in [5.74, 6) is 2.08. The first-order valence-corrected chi connectivity index (χ1v) is 13.8. The average molecular weight is 449 g/mol. The maximum Gasteiger partial charge on any atom is 0.135 e. The minimum atomic E-state index is -0.0866. The fourth-order valence-electron chi connectivity index (χ4n) is 6.94. The molecular weight excluding hydrogens is 400 g/mol. The molecule has 0 radical (unpaired) electrons. The molecule has 0 N–H and O–H groups in total. The lowest BCUT2D eigenvalue weighted by Crippen LogP contribution is -2.61. The second kappa shape index (κ2) is 12.6. The standard InChI is InChI=1S/C28H48O4/c1-3-5-7-9-11-25(29)13-15-31-27-18-23-17-24(19-27)21-28(20-23,22-27)32-16-14-26(30)12-10-8-6-4-2/h23-24H,3-22H2,1-2H3. The van der Waals surface area contributed by atoms with Crippen LogP contribution in [0.15, 0.2) is 0 Å². The number of unbranched alkanes of at least 4 members (excludes halogenated alkanes) is 6. The SMILES string of the molecule is CCCCCCC(=O)CCOC12CC3CC(C1)CC(OCCC(=O)CCCCCC)(C3)C2. The highest BCUT2D eigenvalue weighted by Crippen LogP contribution is 2.60. The number of ketones is 2. The summed E-state index contributed by atoms with van der Waals surface area (Å²) in [4.78, 5) is 24.5. The van der Waals surface area contributed by atoms with E-state index in [2.05, 4.69) is 13.8 Å². The van der Waals surface area contributed by atoms with E-state index in [0.29, 0.717) is 62.3 Å². The van der Waals surface area contributed by atoms with Gasteiger partial charge in [0.05, 0.1) is 24.4 Å². The van der Waals surface area contributed by atoms with Gasteiger partial charge in [0.2, 0.25) is 0 Å². The van der Waals surface area contributed by atoms with Crippen molar-refractivity contribution < 1.29 is 19.1 Å². The lowest BCUT2D eigenvalue weighted by atomic mass is 9.52. The molecule has 0 aromatic rings. The van der Waals surface area contributed by atoms with Gasteiger partial charge >= 0.3 is 0 Å². The van der Waals surface area contributed by atoms with Crippen LogP contribution in [0.4, 0.5) is 0 Å². The molecule has 4 bridgehead atoms. The van der Waals surface area contributed by atoms with Gasteiger partial charge in [-0.3, -0.25) is 9.59 Å². The fourth-order valence-corrected chi connectivity index (χ4v) is 6.94. The molecular formula is C28H48O4. The van der Waals surface area contributed by atoms with E-state index < -0.39 is 0 Å². The summed E-state index contributed by atoms with van der Waals surface area (Å²) in [6.07, 6.45) is 18.6. The lowest BCUT2D eigenvalue weighted by Gasteiger charge is -2.61. The van der Waals surface area contributed by atoms with Crippen LogP contribution in [0.3, 0.4) is 0 Å². The largest absolute Gasteiger partial charge is 0.374 e. The van der Waals surface area contributed by atoms with Crippen LogP contribution >= 0.6 is 0 Å². The zero-order valence-electron chi connectivity index (χ0n) is 20.9. The molecule has 0 heterocycles. The molecule has 4 fully saturated rings. The molecule has 4 saturated carbocycles. The first-order chi connectivity index (χ1) is 15.5. The van der Waals surface area contributed by atoms with Crippen LogP contribution in [-0.2, 0) is 19.1 Å². The Hall–Kier alpha value is -0.740. The minimum absolute atomic E-state index is 0.0866. The molecule has 0 aliphatic heterocycles. The maximum absolute atomic E-state index is 12.2. The van der Waals surface area contributed by atoms with Gasteiger partial charge in [-0.1, -0.05) is 52.4 Å². The quantitative estimate of drug-likeness (QED) is 0.212. The third kappa shape index (κ3) is 7.65. The van der Waals surface area contributed by atoms with Crippen LogP contribution in [0.5, 0.6) is 0 Å². The van der Waals surface area contributed by atoms with E-state index in [0.717, 1.165) is 57.8 Å². The number of Topliss-reactive ketones (excluding diaryl/α,β-unsaturated/α-hetero) is 2. The highest BCUT2D eigenvalue weighted by atomic mass is 16.5. The molecule has 4 aliphatic rings. The molecule has 0 atom stereocenters. The fraction of sp³-hybridized carbons (Fsp3) is 0.929. The van der Waals surface area contributed by atoms with Crippen molar-refractivity contribution in [2.75, 3.05) is 13.2 Å². The van der Waals surface area contributed by atoms with Crippen molar-refractivity contribution in [1.82, 2.24) is 0 Å². The lowest BCUT2D eigenvalue weighted by molar-refractivity contribution is -0.236. The van der Waals surface area contributed by atoms with Crippen LogP contribution in [0.25, 0.3) is 0 Å². The third-order valence-electron chi connectivity index (χ3n) is 8.15. The monoisotopic (exact) mass is 448 g/mol. The van der Waals surface area contributed by atoms with Gasteiger partial charge in [-0.2, -0.15) is 0 Å². The van der Waals surface area contributed by atoms with Gasteiger partial charge in [0.15, 0.2) is 0 Å². The van der Waals surface area contributed by atoms with E-state index in [1.165, 1.54) is 32.1 Å². The number of hydrogen-bond donors (Lipinski definition) is 0. The van der Waals surface area contributed by atoms with Crippen molar-refractivity contribution in [2.45, 2.75) is 141 Å². The first kappa shape index (κ1) is 25.9. The van der Waals surface area contributed by atoms with Crippen LogP contribution in [0.1, 0.15) is 129 Å². The predicted octanol–water partition coefficient (Wildman–Crippen LogP) is 6.97. The molecule has 4 aliphatic carbocycles. The predicted molar refractivity (Wildman–Crippen MR) is 129 cm³/mol. The Morgan fingerprint density at radius 2 is 1.09 bits per heavy atom. The molecule has 0 aromatic carbocycles. The molecule has 184 valence electrons. The van der Waals surface area contributed by atoms with E-state index in [1.54, 1.807) is 0 Å². The summed E-state index contributed by atoms with van der Waals surface area (Å²) in [6, 6.07) is 0. The van der Waals surface area contributed by atoms with Crippen LogP contribution in [-0.4, -0.2) is 36.0 Å². The van der Waals surface area contributed by atoms with Crippen LogP contribution in [0, 0.1) is 11.8 Å². The van der Waals surface area contributed by atoms with Crippen molar-refractivity contribution in [3.05, 3.63) is 0 Å². The number of ether oxygens (including phenoxy) is 2. The van der Waals surface area contributed by atoms with Crippen molar-refractivity contribution in [2.24, 2.45) is 11.8 Å². The Kier molecular flexibility index (Phi) is 10.2. The van der Waals surface area contributed by atoms with Crippen molar-refractivity contribution >= 4 is 11.6 Å². The van der Waals surface area contributed by atoms with Crippen molar-refractivity contribution in [1.29, 1.82) is 0 Å². The van der Waals surface area contributed by atoms with Gasteiger partial charge in [-0.15, -0.1) is 0 Å². The second-order valence-corrected chi connectivity index (χ2v) is 11.2. The molecule has 0 spiro atoms. The molecule has 0 unspecified atom stereocenters. The van der Waals surface area contributed by atoms with Gasteiger partial charge in [-0.25, -0.2) is 0 Å². The van der Waals surface area contributed by atoms with Crippen LogP contribution < -0.4 is 0 Å². The summed E-state index contributed by atoms with van der Waals surface area (Å²) in [5.41, 5.74) is -0.173. The molecule has 0 amide bonds. The van der Waals surface area contributed by atoms with E-state index in [4.69, 9.17) is 9.47 Å². The summed E-state index contributed by atoms with van der Waals surface area (Å²) >= 11 is 0. The minimum Gasteiger partial charge on any atom is -0.374 e. The summed E-state index contributed by atoms with van der Waals surface area (Å²) in [6.45, 7) is 5.53. The smallest absolute Gasteiger partial charge is 0.135 e. The van der Waals surface area contributed by atoms with E-state index in [-0.39, 0.29) is 11.2 Å². The Morgan fingerprint density at radius 1 is 0.656 bits per heavy atom. The Morgan fingerprint density at radius 3 is 1.50 bits per heavy atom. The molecule has 0 saturated heterocycles. The number of rotatable bonds is 18. The van der Waals surface area contributed by atoms with E-state index >= 15 is 0 Å². The van der Waals surface area contributed by atoms with E-state index in [9.17, 15) is 9.59 Å². The average Bonchev–Trinajstić information content (AvgIpc) is 2.73. The normalized spacial score (nSPS) is 30.7. The van der Waals surface area contributed by atoms with Gasteiger partial charge in [0.1, 0.15) is 11.6 Å². The molecule has 32 heavy (non-hydrogen) atoms. The zero-order chi connectivity index (χ0) is 22.9. The number of carbonyl (C=O) groups excluding carboxylic acids is 2. The summed E-state index contributed by atoms with van der Waals surface area (Å²) in [7, 11) is 0. The second-order valence-electron chi connectivity index (χ2n) is 11.2.